The molecule has 1 aliphatic heterocycles. The molecule has 3 nitrogen and oxygen atoms in total. The zero-order valence-electron chi connectivity index (χ0n) is 11.1. The van der Waals surface area contributed by atoms with E-state index >= 15 is 0 Å². The summed E-state index contributed by atoms with van der Waals surface area (Å²) in [6.45, 7) is 5.13. The Hall–Kier alpha value is -1.53. The Kier molecular flexibility index (Phi) is 4.22. The van der Waals surface area contributed by atoms with Crippen LogP contribution >= 0.6 is 0 Å². The predicted octanol–water partition coefficient (Wildman–Crippen LogP) is 2.71. The quantitative estimate of drug-likeness (QED) is 0.817. The number of likely N-dealkylation sites (tertiary alicyclic amines) is 1. The molecule has 1 fully saturated rings. The average Bonchev–Trinajstić information content (AvgIpc) is 2.88. The molecule has 0 aliphatic carbocycles. The Morgan fingerprint density at radius 3 is 2.67 bits per heavy atom. The lowest BCUT2D eigenvalue weighted by Crippen LogP contribution is -2.25. The van der Waals surface area contributed by atoms with Crippen LogP contribution in [0.1, 0.15) is 29.9 Å². The Morgan fingerprint density at radius 2 is 2.11 bits per heavy atom. The Labute approximate surface area is 109 Å². The van der Waals surface area contributed by atoms with Crippen LogP contribution in [0.5, 0.6) is 5.75 Å². The molecule has 0 amide bonds. The highest BCUT2D eigenvalue weighted by molar-refractivity contribution is 5.39. The van der Waals surface area contributed by atoms with E-state index in [4.69, 9.17) is 4.74 Å². The molecule has 1 aromatic rings. The Morgan fingerprint density at radius 1 is 1.39 bits per heavy atom. The standard InChI is InChI=1S/C15H20N2O/c1-12-9-13(5-6-15(12)18-2)14(10-16)11-17-7-3-4-8-17/h5-6,9,14H,3-4,7-8,11H2,1-2H3. The first-order valence-corrected chi connectivity index (χ1v) is 6.51. The topological polar surface area (TPSA) is 36.3 Å². The molecule has 1 aliphatic rings. The third-order valence-electron chi connectivity index (χ3n) is 3.62. The van der Waals surface area contributed by atoms with Gasteiger partial charge in [-0.3, -0.25) is 0 Å². The molecule has 0 saturated carbocycles. The fraction of sp³-hybridized carbons (Fsp3) is 0.533. The summed E-state index contributed by atoms with van der Waals surface area (Å²) in [7, 11) is 1.67. The number of methoxy groups -OCH3 is 1. The van der Waals surface area contributed by atoms with Crippen LogP contribution in [0, 0.1) is 18.3 Å². The van der Waals surface area contributed by atoms with Crippen molar-refractivity contribution >= 4 is 0 Å². The molecule has 2 rings (SSSR count). The lowest BCUT2D eigenvalue weighted by molar-refractivity contribution is 0.332. The second-order valence-corrected chi connectivity index (χ2v) is 4.92. The van der Waals surface area contributed by atoms with Crippen LogP contribution in [-0.2, 0) is 0 Å². The molecule has 0 bridgehead atoms. The second kappa shape index (κ2) is 5.88. The van der Waals surface area contributed by atoms with E-state index in [9.17, 15) is 5.26 Å². The fourth-order valence-corrected chi connectivity index (χ4v) is 2.56. The molecular formula is C15H20N2O. The Bertz CT molecular complexity index is 444. The first-order chi connectivity index (χ1) is 8.74. The van der Waals surface area contributed by atoms with E-state index in [1.807, 2.05) is 19.1 Å². The highest BCUT2D eigenvalue weighted by Gasteiger charge is 2.19. The maximum atomic E-state index is 9.35. The number of hydrogen-bond acceptors (Lipinski definition) is 3. The van der Waals surface area contributed by atoms with Gasteiger partial charge >= 0.3 is 0 Å². The zero-order valence-corrected chi connectivity index (χ0v) is 11.1. The minimum absolute atomic E-state index is 0.0345. The minimum atomic E-state index is -0.0345. The van der Waals surface area contributed by atoms with Gasteiger partial charge < -0.3 is 9.64 Å². The lowest BCUT2D eigenvalue weighted by Gasteiger charge is -2.19. The summed E-state index contributed by atoms with van der Waals surface area (Å²) in [5, 5.41) is 9.35. The highest BCUT2D eigenvalue weighted by atomic mass is 16.5. The molecule has 1 aromatic carbocycles. The van der Waals surface area contributed by atoms with Gasteiger partial charge in [0.25, 0.3) is 0 Å². The van der Waals surface area contributed by atoms with Gasteiger partial charge in [-0.1, -0.05) is 12.1 Å². The van der Waals surface area contributed by atoms with Gasteiger partial charge in [-0.2, -0.15) is 5.26 Å². The van der Waals surface area contributed by atoms with Gasteiger partial charge in [0.05, 0.1) is 19.1 Å². The Balaban J connectivity index is 2.12. The van der Waals surface area contributed by atoms with Gasteiger partial charge in [0.2, 0.25) is 0 Å². The van der Waals surface area contributed by atoms with Crippen molar-refractivity contribution < 1.29 is 4.74 Å². The maximum absolute atomic E-state index is 9.35. The monoisotopic (exact) mass is 244 g/mol. The molecule has 96 valence electrons. The van der Waals surface area contributed by atoms with Gasteiger partial charge in [-0.15, -0.1) is 0 Å². The molecule has 18 heavy (non-hydrogen) atoms. The SMILES string of the molecule is COc1ccc(C(C#N)CN2CCCC2)cc1C. The number of hydrogen-bond donors (Lipinski definition) is 0. The molecule has 1 saturated heterocycles. The van der Waals surface area contributed by atoms with Crippen molar-refractivity contribution in [3.8, 4) is 11.8 Å². The third kappa shape index (κ3) is 2.83. The van der Waals surface area contributed by atoms with Crippen molar-refractivity contribution in [1.29, 1.82) is 5.26 Å². The second-order valence-electron chi connectivity index (χ2n) is 4.92. The number of ether oxygens (including phenoxy) is 1. The number of rotatable bonds is 4. The normalized spacial score (nSPS) is 17.4. The molecule has 0 N–H and O–H groups in total. The van der Waals surface area contributed by atoms with Crippen molar-refractivity contribution in [2.24, 2.45) is 0 Å². The third-order valence-corrected chi connectivity index (χ3v) is 3.62. The summed E-state index contributed by atoms with van der Waals surface area (Å²) in [5.74, 6) is 0.851. The van der Waals surface area contributed by atoms with Crippen molar-refractivity contribution in [3.63, 3.8) is 0 Å². The van der Waals surface area contributed by atoms with Gasteiger partial charge in [-0.25, -0.2) is 0 Å². The molecular weight excluding hydrogens is 224 g/mol. The molecule has 0 aromatic heterocycles. The summed E-state index contributed by atoms with van der Waals surface area (Å²) in [6, 6.07) is 8.47. The van der Waals surface area contributed by atoms with Gasteiger partial charge in [0.1, 0.15) is 5.75 Å². The van der Waals surface area contributed by atoms with Crippen molar-refractivity contribution in [3.05, 3.63) is 29.3 Å². The first-order valence-electron chi connectivity index (χ1n) is 6.51. The van der Waals surface area contributed by atoms with Crippen LogP contribution in [0.15, 0.2) is 18.2 Å². The van der Waals surface area contributed by atoms with E-state index in [-0.39, 0.29) is 5.92 Å². The van der Waals surface area contributed by atoms with Crippen molar-refractivity contribution in [1.82, 2.24) is 4.90 Å². The first kappa shape index (κ1) is 12.9. The number of aryl methyl sites for hydroxylation is 1. The van der Waals surface area contributed by atoms with E-state index in [1.165, 1.54) is 12.8 Å². The van der Waals surface area contributed by atoms with Crippen molar-refractivity contribution in [2.75, 3.05) is 26.7 Å². The fourth-order valence-electron chi connectivity index (χ4n) is 2.56. The smallest absolute Gasteiger partial charge is 0.121 e. The summed E-state index contributed by atoms with van der Waals surface area (Å²) < 4.78 is 5.25. The molecule has 1 heterocycles. The summed E-state index contributed by atoms with van der Waals surface area (Å²) in [6.07, 6.45) is 2.53. The predicted molar refractivity (Wildman–Crippen MR) is 71.8 cm³/mol. The van der Waals surface area contributed by atoms with E-state index in [0.717, 1.165) is 36.5 Å². The van der Waals surface area contributed by atoms with Crippen LogP contribution in [0.3, 0.4) is 0 Å². The van der Waals surface area contributed by atoms with E-state index in [0.29, 0.717) is 0 Å². The summed E-state index contributed by atoms with van der Waals surface area (Å²) in [4.78, 5) is 2.38. The van der Waals surface area contributed by atoms with E-state index in [2.05, 4.69) is 17.0 Å². The molecule has 1 atom stereocenters. The van der Waals surface area contributed by atoms with Gasteiger partial charge in [0.15, 0.2) is 0 Å². The van der Waals surface area contributed by atoms with Gasteiger partial charge in [-0.05, 0) is 50.0 Å². The van der Waals surface area contributed by atoms with Crippen LogP contribution in [-0.4, -0.2) is 31.6 Å². The minimum Gasteiger partial charge on any atom is -0.496 e. The molecule has 0 spiro atoms. The van der Waals surface area contributed by atoms with Crippen LogP contribution < -0.4 is 4.74 Å². The molecule has 0 radical (unpaired) electrons. The highest BCUT2D eigenvalue weighted by Crippen LogP contribution is 2.25. The molecule has 3 heteroatoms. The van der Waals surface area contributed by atoms with Crippen LogP contribution in [0.25, 0.3) is 0 Å². The summed E-state index contributed by atoms with van der Waals surface area (Å²) >= 11 is 0. The number of nitrogens with zero attached hydrogens (tertiary/aromatic N) is 2. The van der Waals surface area contributed by atoms with Crippen LogP contribution in [0.2, 0.25) is 0 Å². The average molecular weight is 244 g/mol. The number of nitriles is 1. The lowest BCUT2D eigenvalue weighted by atomic mass is 9.98. The zero-order chi connectivity index (χ0) is 13.0. The number of benzene rings is 1. The molecule has 1 unspecified atom stereocenters. The summed E-state index contributed by atoms with van der Waals surface area (Å²) in [5.41, 5.74) is 2.19. The van der Waals surface area contributed by atoms with E-state index in [1.54, 1.807) is 7.11 Å². The van der Waals surface area contributed by atoms with Gasteiger partial charge in [0, 0.05) is 6.54 Å². The van der Waals surface area contributed by atoms with Crippen LogP contribution in [0.4, 0.5) is 0 Å². The van der Waals surface area contributed by atoms with E-state index < -0.39 is 0 Å². The maximum Gasteiger partial charge on any atom is 0.121 e. The van der Waals surface area contributed by atoms with Crippen molar-refractivity contribution in [2.45, 2.75) is 25.7 Å². The largest absolute Gasteiger partial charge is 0.496 e.